The summed E-state index contributed by atoms with van der Waals surface area (Å²) in [5.74, 6) is 1.18. The molecule has 3 nitrogen and oxygen atoms in total. The van der Waals surface area contributed by atoms with Crippen LogP contribution in [0.4, 0.5) is 8.78 Å². The van der Waals surface area contributed by atoms with Crippen molar-refractivity contribution in [3.63, 3.8) is 0 Å². The van der Waals surface area contributed by atoms with Gasteiger partial charge in [-0.25, -0.2) is 18.7 Å². The van der Waals surface area contributed by atoms with Crippen LogP contribution >= 0.6 is 0 Å². The van der Waals surface area contributed by atoms with Crippen molar-refractivity contribution in [3.05, 3.63) is 42.2 Å². The number of halogens is 2. The van der Waals surface area contributed by atoms with Gasteiger partial charge in [-0.15, -0.1) is 0 Å². The highest BCUT2D eigenvalue weighted by molar-refractivity contribution is 5.55. The monoisotopic (exact) mass is 502 g/mol. The largest absolute Gasteiger partial charge is 0.490 e. The highest BCUT2D eigenvalue weighted by Crippen LogP contribution is 2.20. The second-order valence-electron chi connectivity index (χ2n) is 10.1. The first kappa shape index (κ1) is 30.2. The molecule has 0 saturated carbocycles. The molecule has 2 atom stereocenters. The lowest BCUT2D eigenvalue weighted by Gasteiger charge is -2.12. The van der Waals surface area contributed by atoms with Crippen LogP contribution in [0.5, 0.6) is 5.75 Å². The third-order valence-corrected chi connectivity index (χ3v) is 6.77. The minimum atomic E-state index is -1.04. The smallest absolute Gasteiger partial charge is 0.159 e. The molecule has 0 radical (unpaired) electrons. The van der Waals surface area contributed by atoms with E-state index in [4.69, 9.17) is 4.74 Å². The zero-order chi connectivity index (χ0) is 25.8. The van der Waals surface area contributed by atoms with Gasteiger partial charge in [0.15, 0.2) is 11.6 Å². The van der Waals surface area contributed by atoms with Crippen molar-refractivity contribution >= 4 is 0 Å². The maximum Gasteiger partial charge on any atom is 0.159 e. The summed E-state index contributed by atoms with van der Waals surface area (Å²) in [7, 11) is 0. The molecule has 0 bridgehead atoms. The highest BCUT2D eigenvalue weighted by Gasteiger charge is 2.12. The fourth-order valence-corrected chi connectivity index (χ4v) is 4.38. The molecule has 0 saturated heterocycles. The Labute approximate surface area is 218 Å². The quantitative estimate of drug-likeness (QED) is 0.159. The summed E-state index contributed by atoms with van der Waals surface area (Å²) in [5.41, 5.74) is 2.33. The van der Waals surface area contributed by atoms with E-state index in [2.05, 4.69) is 41.2 Å². The van der Waals surface area contributed by atoms with Crippen LogP contribution in [0.15, 0.2) is 36.7 Å². The fourth-order valence-electron chi connectivity index (χ4n) is 4.38. The summed E-state index contributed by atoms with van der Waals surface area (Å²) in [5, 5.41) is 0. The van der Waals surface area contributed by atoms with Crippen molar-refractivity contribution in [2.45, 2.75) is 129 Å². The summed E-state index contributed by atoms with van der Waals surface area (Å²) >= 11 is 0. The molecule has 2 aromatic rings. The zero-order valence-electron chi connectivity index (χ0n) is 22.7. The van der Waals surface area contributed by atoms with E-state index < -0.39 is 12.3 Å². The molecular weight excluding hydrogens is 454 g/mol. The van der Waals surface area contributed by atoms with Crippen LogP contribution in [0.3, 0.4) is 0 Å². The van der Waals surface area contributed by atoms with Crippen LogP contribution in [-0.2, 0) is 6.42 Å². The second kappa shape index (κ2) is 19.1. The van der Waals surface area contributed by atoms with Gasteiger partial charge in [0.25, 0.3) is 0 Å². The number of rotatable bonds is 21. The minimum Gasteiger partial charge on any atom is -0.490 e. The normalized spacial score (nSPS) is 13.0. The van der Waals surface area contributed by atoms with Gasteiger partial charge in [-0.2, -0.15) is 0 Å². The van der Waals surface area contributed by atoms with E-state index in [1.165, 1.54) is 63.4 Å². The summed E-state index contributed by atoms with van der Waals surface area (Å²) in [6.07, 6.45) is 17.7. The lowest BCUT2D eigenvalue weighted by molar-refractivity contribution is 0.199. The molecule has 5 heteroatoms. The topological polar surface area (TPSA) is 35.0 Å². The van der Waals surface area contributed by atoms with Gasteiger partial charge in [0, 0.05) is 12.0 Å². The van der Waals surface area contributed by atoms with Gasteiger partial charge in [0.05, 0.1) is 19.0 Å². The highest BCUT2D eigenvalue weighted by atomic mass is 19.1. The average Bonchev–Trinajstić information content (AvgIpc) is 2.90. The van der Waals surface area contributed by atoms with Crippen molar-refractivity contribution < 1.29 is 13.5 Å². The van der Waals surface area contributed by atoms with E-state index in [0.717, 1.165) is 24.8 Å². The third kappa shape index (κ3) is 13.3. The van der Waals surface area contributed by atoms with Gasteiger partial charge in [0.2, 0.25) is 0 Å². The van der Waals surface area contributed by atoms with Crippen molar-refractivity contribution in [1.82, 2.24) is 9.97 Å². The second-order valence-corrected chi connectivity index (χ2v) is 10.1. The standard InChI is InChI=1S/C31H48F2N2O/c1-3-5-7-8-9-10-11-12-13-14-26-16-18-27(19-17-26)31-34-24-30(25-35-31)36-23-22-29(33)21-20-28(32)15-6-4-2/h16-19,24-25,28-29H,3-15,20-23H2,1-2H3. The first-order valence-electron chi connectivity index (χ1n) is 14.4. The number of benzene rings is 1. The van der Waals surface area contributed by atoms with Crippen molar-refractivity contribution in [1.29, 1.82) is 0 Å². The molecule has 0 fully saturated rings. The molecule has 202 valence electrons. The molecule has 1 aromatic heterocycles. The van der Waals surface area contributed by atoms with Crippen LogP contribution in [0.25, 0.3) is 11.4 Å². The zero-order valence-corrected chi connectivity index (χ0v) is 22.7. The Bertz CT molecular complexity index is 782. The van der Waals surface area contributed by atoms with E-state index in [0.29, 0.717) is 18.0 Å². The molecule has 0 aliphatic rings. The lowest BCUT2D eigenvalue weighted by atomic mass is 10.0. The van der Waals surface area contributed by atoms with E-state index >= 15 is 0 Å². The number of unbranched alkanes of at least 4 members (excludes halogenated alkanes) is 9. The summed E-state index contributed by atoms with van der Waals surface area (Å²) < 4.78 is 33.3. The molecule has 2 unspecified atom stereocenters. The van der Waals surface area contributed by atoms with Crippen LogP contribution in [0.2, 0.25) is 0 Å². The molecule has 0 amide bonds. The Morgan fingerprint density at radius 2 is 1.22 bits per heavy atom. The molecule has 1 aromatic carbocycles. The van der Waals surface area contributed by atoms with Gasteiger partial charge in [-0.05, 0) is 37.7 Å². The Kier molecular flexibility index (Phi) is 16.0. The van der Waals surface area contributed by atoms with Crippen LogP contribution in [0.1, 0.15) is 116 Å². The van der Waals surface area contributed by atoms with E-state index in [-0.39, 0.29) is 25.9 Å². The maximum absolute atomic E-state index is 14.0. The molecule has 2 rings (SSSR count). The van der Waals surface area contributed by atoms with Gasteiger partial charge in [0.1, 0.15) is 12.3 Å². The predicted molar refractivity (Wildman–Crippen MR) is 147 cm³/mol. The van der Waals surface area contributed by atoms with Gasteiger partial charge < -0.3 is 4.74 Å². The number of alkyl halides is 2. The average molecular weight is 503 g/mol. The summed E-state index contributed by atoms with van der Waals surface area (Å²) in [6, 6.07) is 8.48. The Balaban J connectivity index is 1.62. The van der Waals surface area contributed by atoms with Crippen molar-refractivity contribution in [2.75, 3.05) is 6.61 Å². The van der Waals surface area contributed by atoms with Crippen LogP contribution in [-0.4, -0.2) is 28.9 Å². The SMILES string of the molecule is CCCCCCCCCCCc1ccc(-c2ncc(OCCC(F)CCC(F)CCCC)cn2)cc1. The molecule has 0 aliphatic carbocycles. The Hall–Kier alpha value is -2.04. The van der Waals surface area contributed by atoms with Gasteiger partial charge in [-0.3, -0.25) is 0 Å². The van der Waals surface area contributed by atoms with Crippen LogP contribution < -0.4 is 4.74 Å². The Morgan fingerprint density at radius 1 is 0.667 bits per heavy atom. The number of aryl methyl sites for hydroxylation is 1. The number of aromatic nitrogens is 2. The molecule has 0 spiro atoms. The Morgan fingerprint density at radius 3 is 1.83 bits per heavy atom. The third-order valence-electron chi connectivity index (χ3n) is 6.77. The predicted octanol–water partition coefficient (Wildman–Crippen LogP) is 9.63. The summed E-state index contributed by atoms with van der Waals surface area (Å²) in [6.45, 7) is 4.54. The van der Waals surface area contributed by atoms with Gasteiger partial charge in [-0.1, -0.05) is 102 Å². The minimum absolute atomic E-state index is 0.239. The van der Waals surface area contributed by atoms with Crippen molar-refractivity contribution in [2.24, 2.45) is 0 Å². The number of hydrogen-bond acceptors (Lipinski definition) is 3. The lowest BCUT2D eigenvalue weighted by Crippen LogP contribution is -2.11. The van der Waals surface area contributed by atoms with Crippen LogP contribution in [0, 0.1) is 0 Å². The maximum atomic E-state index is 14.0. The molecule has 36 heavy (non-hydrogen) atoms. The molecular formula is C31H48F2N2O. The summed E-state index contributed by atoms with van der Waals surface area (Å²) in [4.78, 5) is 8.81. The van der Waals surface area contributed by atoms with E-state index in [1.54, 1.807) is 12.4 Å². The van der Waals surface area contributed by atoms with E-state index in [1.807, 2.05) is 6.92 Å². The fraction of sp³-hybridized carbons (Fsp3) is 0.677. The molecule has 0 N–H and O–H groups in total. The number of nitrogens with zero attached hydrogens (tertiary/aromatic N) is 2. The first-order valence-corrected chi connectivity index (χ1v) is 14.4. The first-order chi connectivity index (χ1) is 17.6. The molecule has 1 heterocycles. The van der Waals surface area contributed by atoms with Gasteiger partial charge >= 0.3 is 0 Å². The van der Waals surface area contributed by atoms with E-state index in [9.17, 15) is 8.78 Å². The van der Waals surface area contributed by atoms with Crippen molar-refractivity contribution in [3.8, 4) is 17.1 Å². The number of ether oxygens (including phenoxy) is 1. The number of hydrogen-bond donors (Lipinski definition) is 0. The molecule has 0 aliphatic heterocycles.